The van der Waals surface area contributed by atoms with E-state index in [1.165, 1.54) is 0 Å². The van der Waals surface area contributed by atoms with E-state index in [0.717, 1.165) is 17.7 Å². The Labute approximate surface area is 168 Å². The van der Waals surface area contributed by atoms with Gasteiger partial charge in [0.25, 0.3) is 5.91 Å². The monoisotopic (exact) mass is 408 g/mol. The van der Waals surface area contributed by atoms with E-state index in [2.05, 4.69) is 15.6 Å². The van der Waals surface area contributed by atoms with E-state index in [4.69, 9.17) is 33.7 Å². The van der Waals surface area contributed by atoms with Crippen molar-refractivity contribution in [3.8, 4) is 5.75 Å². The SMILES string of the molecule is CCNC(=NCc1cccc(OCC(N)=O)c1)NCc1ccc(Cl)cc1Cl. The van der Waals surface area contributed by atoms with Crippen molar-refractivity contribution in [2.24, 2.45) is 10.7 Å². The summed E-state index contributed by atoms with van der Waals surface area (Å²) in [5.41, 5.74) is 6.96. The predicted molar refractivity (Wildman–Crippen MR) is 109 cm³/mol. The smallest absolute Gasteiger partial charge is 0.255 e. The number of nitrogens with one attached hydrogen (secondary N) is 2. The number of primary amides is 1. The first-order chi connectivity index (χ1) is 13.0. The molecule has 4 N–H and O–H groups in total. The number of aliphatic imine (C=N–C) groups is 1. The number of amides is 1. The van der Waals surface area contributed by atoms with Gasteiger partial charge in [0.05, 0.1) is 6.54 Å². The molecule has 0 saturated carbocycles. The van der Waals surface area contributed by atoms with E-state index in [-0.39, 0.29) is 6.61 Å². The number of nitrogens with two attached hydrogens (primary N) is 1. The highest BCUT2D eigenvalue weighted by Gasteiger charge is 2.04. The van der Waals surface area contributed by atoms with Crippen LogP contribution in [-0.4, -0.2) is 25.0 Å². The highest BCUT2D eigenvalue weighted by molar-refractivity contribution is 6.35. The number of benzene rings is 2. The number of hydrogen-bond donors (Lipinski definition) is 3. The zero-order chi connectivity index (χ0) is 19.6. The molecule has 144 valence electrons. The van der Waals surface area contributed by atoms with Gasteiger partial charge in [-0.25, -0.2) is 4.99 Å². The molecule has 0 aromatic heterocycles. The van der Waals surface area contributed by atoms with Crippen LogP contribution in [0.15, 0.2) is 47.5 Å². The van der Waals surface area contributed by atoms with Gasteiger partial charge in [-0.3, -0.25) is 4.79 Å². The van der Waals surface area contributed by atoms with Gasteiger partial charge in [0.2, 0.25) is 0 Å². The molecule has 1 amide bonds. The Morgan fingerprint density at radius 3 is 2.70 bits per heavy atom. The molecule has 8 heteroatoms. The van der Waals surface area contributed by atoms with Gasteiger partial charge in [0, 0.05) is 23.1 Å². The molecule has 6 nitrogen and oxygen atoms in total. The maximum atomic E-state index is 10.8. The maximum Gasteiger partial charge on any atom is 0.255 e. The molecule has 0 radical (unpaired) electrons. The van der Waals surface area contributed by atoms with Crippen LogP contribution in [0.5, 0.6) is 5.75 Å². The second-order valence-electron chi connectivity index (χ2n) is 5.69. The minimum absolute atomic E-state index is 0.154. The summed E-state index contributed by atoms with van der Waals surface area (Å²) >= 11 is 12.1. The second kappa shape index (κ2) is 10.6. The molecule has 2 aromatic rings. The van der Waals surface area contributed by atoms with Crippen molar-refractivity contribution in [2.45, 2.75) is 20.0 Å². The van der Waals surface area contributed by atoms with Crippen molar-refractivity contribution in [2.75, 3.05) is 13.2 Å². The minimum Gasteiger partial charge on any atom is -0.484 e. The van der Waals surface area contributed by atoms with Gasteiger partial charge < -0.3 is 21.1 Å². The third-order valence-corrected chi connectivity index (χ3v) is 4.09. The second-order valence-corrected chi connectivity index (χ2v) is 6.53. The Bertz CT molecular complexity index is 812. The third-order valence-electron chi connectivity index (χ3n) is 3.50. The number of nitrogens with zero attached hydrogens (tertiary/aromatic N) is 1. The Kier molecular flexibility index (Phi) is 8.23. The van der Waals surface area contributed by atoms with Crippen LogP contribution < -0.4 is 21.1 Å². The highest BCUT2D eigenvalue weighted by Crippen LogP contribution is 2.20. The quantitative estimate of drug-likeness (QED) is 0.462. The van der Waals surface area contributed by atoms with Crippen LogP contribution >= 0.6 is 23.2 Å². The first-order valence-electron chi connectivity index (χ1n) is 8.44. The van der Waals surface area contributed by atoms with Gasteiger partial charge in [0.1, 0.15) is 5.75 Å². The molecule has 0 spiro atoms. The van der Waals surface area contributed by atoms with Gasteiger partial charge in [-0.2, -0.15) is 0 Å². The first-order valence-corrected chi connectivity index (χ1v) is 9.19. The fourth-order valence-electron chi connectivity index (χ4n) is 2.24. The third kappa shape index (κ3) is 7.37. The van der Waals surface area contributed by atoms with E-state index >= 15 is 0 Å². The lowest BCUT2D eigenvalue weighted by Crippen LogP contribution is -2.36. The number of rotatable bonds is 8. The average Bonchev–Trinajstić information content (AvgIpc) is 2.64. The van der Waals surface area contributed by atoms with Gasteiger partial charge in [-0.15, -0.1) is 0 Å². The number of carbonyl (C=O) groups is 1. The Morgan fingerprint density at radius 2 is 2.00 bits per heavy atom. The van der Waals surface area contributed by atoms with E-state index in [0.29, 0.717) is 34.8 Å². The Morgan fingerprint density at radius 1 is 1.19 bits per heavy atom. The molecule has 0 unspecified atom stereocenters. The number of hydrogen-bond acceptors (Lipinski definition) is 3. The van der Waals surface area contributed by atoms with E-state index in [1.54, 1.807) is 18.2 Å². The molecular formula is C19H22Cl2N4O2. The molecule has 27 heavy (non-hydrogen) atoms. The van der Waals surface area contributed by atoms with Crippen LogP contribution in [0.3, 0.4) is 0 Å². The highest BCUT2D eigenvalue weighted by atomic mass is 35.5. The van der Waals surface area contributed by atoms with Crippen LogP contribution in [0.4, 0.5) is 0 Å². The number of guanidine groups is 1. The molecule has 2 aromatic carbocycles. The standard InChI is InChI=1S/C19H22Cl2N4O2/c1-2-23-19(25-11-14-6-7-15(20)9-17(14)21)24-10-13-4-3-5-16(8-13)27-12-18(22)26/h3-9H,2,10-12H2,1H3,(H2,22,26)(H2,23,24,25). The molecule has 2 rings (SSSR count). The lowest BCUT2D eigenvalue weighted by molar-refractivity contribution is -0.119. The van der Waals surface area contributed by atoms with E-state index < -0.39 is 5.91 Å². The summed E-state index contributed by atoms with van der Waals surface area (Å²) in [6.07, 6.45) is 0. The van der Waals surface area contributed by atoms with Crippen molar-refractivity contribution in [1.82, 2.24) is 10.6 Å². The van der Waals surface area contributed by atoms with E-state index in [9.17, 15) is 4.79 Å². The molecular weight excluding hydrogens is 387 g/mol. The lowest BCUT2D eigenvalue weighted by atomic mass is 10.2. The normalized spacial score (nSPS) is 11.1. The Hall–Kier alpha value is -2.44. The topological polar surface area (TPSA) is 88.7 Å². The van der Waals surface area contributed by atoms with Crippen LogP contribution in [-0.2, 0) is 17.9 Å². The van der Waals surface area contributed by atoms with Crippen molar-refractivity contribution < 1.29 is 9.53 Å². The zero-order valence-electron chi connectivity index (χ0n) is 15.0. The van der Waals surface area contributed by atoms with Crippen molar-refractivity contribution >= 4 is 35.1 Å². The van der Waals surface area contributed by atoms with Gasteiger partial charge in [-0.1, -0.05) is 41.4 Å². The van der Waals surface area contributed by atoms with Gasteiger partial charge in [-0.05, 0) is 42.3 Å². The fraction of sp³-hybridized carbons (Fsp3) is 0.263. The fourth-order valence-corrected chi connectivity index (χ4v) is 2.72. The molecule has 0 atom stereocenters. The minimum atomic E-state index is -0.516. The maximum absolute atomic E-state index is 10.8. The predicted octanol–water partition coefficient (Wildman–Crippen LogP) is 3.11. The summed E-state index contributed by atoms with van der Waals surface area (Å²) in [5.74, 6) is 0.720. The number of carbonyl (C=O) groups excluding carboxylic acids is 1. The molecule has 0 bridgehead atoms. The largest absolute Gasteiger partial charge is 0.484 e. The summed E-state index contributed by atoms with van der Waals surface area (Å²) < 4.78 is 5.31. The summed E-state index contributed by atoms with van der Waals surface area (Å²) in [5, 5.41) is 7.63. The Balaban J connectivity index is 2.00. The van der Waals surface area contributed by atoms with Crippen LogP contribution in [0.2, 0.25) is 10.0 Å². The van der Waals surface area contributed by atoms with Crippen molar-refractivity contribution in [1.29, 1.82) is 0 Å². The number of halogens is 2. The van der Waals surface area contributed by atoms with E-state index in [1.807, 2.05) is 31.2 Å². The van der Waals surface area contributed by atoms with Gasteiger partial charge >= 0.3 is 0 Å². The molecule has 0 fully saturated rings. The van der Waals surface area contributed by atoms with Crippen LogP contribution in [0.1, 0.15) is 18.1 Å². The van der Waals surface area contributed by atoms with Crippen LogP contribution in [0, 0.1) is 0 Å². The summed E-state index contributed by atoms with van der Waals surface area (Å²) in [6, 6.07) is 12.7. The lowest BCUT2D eigenvalue weighted by Gasteiger charge is -2.12. The summed E-state index contributed by atoms with van der Waals surface area (Å²) in [6.45, 7) is 3.52. The summed E-state index contributed by atoms with van der Waals surface area (Å²) in [7, 11) is 0. The van der Waals surface area contributed by atoms with Crippen LogP contribution in [0.25, 0.3) is 0 Å². The molecule has 0 heterocycles. The molecule has 0 aliphatic heterocycles. The average molecular weight is 409 g/mol. The van der Waals surface area contributed by atoms with Crippen molar-refractivity contribution in [3.05, 3.63) is 63.6 Å². The zero-order valence-corrected chi connectivity index (χ0v) is 16.5. The molecule has 0 aliphatic rings. The molecule has 0 saturated heterocycles. The van der Waals surface area contributed by atoms with Gasteiger partial charge in [0.15, 0.2) is 12.6 Å². The van der Waals surface area contributed by atoms with Crippen molar-refractivity contribution in [3.63, 3.8) is 0 Å². The first kappa shape index (κ1) is 20.9. The number of ether oxygens (including phenoxy) is 1. The molecule has 0 aliphatic carbocycles. The summed E-state index contributed by atoms with van der Waals surface area (Å²) in [4.78, 5) is 15.4.